The fourth-order valence-electron chi connectivity index (χ4n) is 2.54. The number of hydrogen-bond donors (Lipinski definition) is 2. The van der Waals surface area contributed by atoms with E-state index in [1.54, 1.807) is 0 Å². The van der Waals surface area contributed by atoms with Crippen molar-refractivity contribution >= 4 is 11.4 Å². The van der Waals surface area contributed by atoms with Crippen molar-refractivity contribution in [2.75, 3.05) is 11.9 Å². The lowest BCUT2D eigenvalue weighted by Gasteiger charge is -2.35. The van der Waals surface area contributed by atoms with Gasteiger partial charge in [0.2, 0.25) is 0 Å². The number of anilines is 1. The van der Waals surface area contributed by atoms with Crippen molar-refractivity contribution in [1.29, 1.82) is 0 Å². The van der Waals surface area contributed by atoms with Crippen LogP contribution in [0.3, 0.4) is 0 Å². The third-order valence-corrected chi connectivity index (χ3v) is 3.97. The lowest BCUT2D eigenvalue weighted by molar-refractivity contribution is -0.384. The van der Waals surface area contributed by atoms with Crippen molar-refractivity contribution in [2.45, 2.75) is 38.2 Å². The van der Waals surface area contributed by atoms with Gasteiger partial charge in [0.05, 0.1) is 16.6 Å². The van der Waals surface area contributed by atoms with Gasteiger partial charge in [-0.1, -0.05) is 6.92 Å². The van der Waals surface area contributed by atoms with Gasteiger partial charge in [-0.2, -0.15) is 0 Å². The number of nitro groups is 1. The number of rotatable bonds is 4. The first-order chi connectivity index (χ1) is 9.39. The Bertz CT molecular complexity index is 499. The number of hydrogen-bond acceptors (Lipinski definition) is 4. The smallest absolute Gasteiger partial charge is 0.295 e. The zero-order chi connectivity index (χ0) is 14.8. The van der Waals surface area contributed by atoms with Gasteiger partial charge in [-0.25, -0.2) is 4.39 Å². The van der Waals surface area contributed by atoms with E-state index in [-0.39, 0.29) is 17.9 Å². The molecule has 1 aliphatic carbocycles. The molecule has 0 bridgehead atoms. The molecule has 0 atom stereocenters. The molecule has 0 heterocycles. The molecule has 2 rings (SSSR count). The first-order valence-electron chi connectivity index (χ1n) is 6.80. The van der Waals surface area contributed by atoms with Gasteiger partial charge in [-0.3, -0.25) is 10.1 Å². The first kappa shape index (κ1) is 14.7. The van der Waals surface area contributed by atoms with E-state index in [2.05, 4.69) is 12.2 Å². The lowest BCUT2D eigenvalue weighted by Crippen LogP contribution is -2.40. The molecule has 0 amide bonds. The molecule has 1 aromatic rings. The Morgan fingerprint density at radius 3 is 2.75 bits per heavy atom. The second kappa shape index (κ2) is 5.75. The zero-order valence-electron chi connectivity index (χ0n) is 11.4. The minimum Gasteiger partial charge on any atom is -0.388 e. The van der Waals surface area contributed by atoms with Gasteiger partial charge in [-0.05, 0) is 43.7 Å². The second-order valence-corrected chi connectivity index (χ2v) is 5.68. The number of benzene rings is 1. The largest absolute Gasteiger partial charge is 0.388 e. The first-order valence-corrected chi connectivity index (χ1v) is 6.80. The summed E-state index contributed by atoms with van der Waals surface area (Å²) in [5.41, 5.74) is -0.907. The van der Waals surface area contributed by atoms with E-state index in [0.29, 0.717) is 18.8 Å². The highest BCUT2D eigenvalue weighted by Gasteiger charge is 2.32. The van der Waals surface area contributed by atoms with Crippen LogP contribution < -0.4 is 5.32 Å². The van der Waals surface area contributed by atoms with Crippen LogP contribution in [0.5, 0.6) is 0 Å². The van der Waals surface area contributed by atoms with Crippen LogP contribution >= 0.6 is 0 Å². The number of aliphatic hydroxyl groups is 1. The highest BCUT2D eigenvalue weighted by atomic mass is 19.1. The van der Waals surface area contributed by atoms with E-state index >= 15 is 0 Å². The molecular formula is C14H19FN2O3. The summed E-state index contributed by atoms with van der Waals surface area (Å²) in [6.07, 6.45) is 3.25. The number of nitrogens with one attached hydrogen (secondary N) is 1. The van der Waals surface area contributed by atoms with Crippen LogP contribution in [0.2, 0.25) is 0 Å². The van der Waals surface area contributed by atoms with Crippen LogP contribution in [-0.2, 0) is 0 Å². The van der Waals surface area contributed by atoms with Gasteiger partial charge in [0.15, 0.2) is 0 Å². The van der Waals surface area contributed by atoms with E-state index < -0.39 is 16.3 Å². The highest BCUT2D eigenvalue weighted by molar-refractivity contribution is 5.61. The molecule has 0 spiro atoms. The Balaban J connectivity index is 2.05. The SMILES string of the molecule is CC1CCC(O)(CNc2ccc(F)cc2[N+](=O)[O-])CC1. The summed E-state index contributed by atoms with van der Waals surface area (Å²) in [5.74, 6) is -0.0390. The van der Waals surface area contributed by atoms with Gasteiger partial charge >= 0.3 is 0 Å². The Kier molecular flexibility index (Phi) is 4.23. The van der Waals surface area contributed by atoms with Crippen LogP contribution in [0.15, 0.2) is 18.2 Å². The normalized spacial score (nSPS) is 26.2. The summed E-state index contributed by atoms with van der Waals surface area (Å²) in [5, 5.41) is 24.2. The lowest BCUT2D eigenvalue weighted by atomic mass is 9.79. The van der Waals surface area contributed by atoms with Crippen LogP contribution in [0.4, 0.5) is 15.8 Å². The van der Waals surface area contributed by atoms with Gasteiger partial charge in [0.25, 0.3) is 5.69 Å². The molecule has 2 N–H and O–H groups in total. The monoisotopic (exact) mass is 282 g/mol. The molecule has 110 valence electrons. The number of nitrogens with zero attached hydrogens (tertiary/aromatic N) is 1. The second-order valence-electron chi connectivity index (χ2n) is 5.68. The van der Waals surface area contributed by atoms with Crippen molar-refractivity contribution in [3.05, 3.63) is 34.1 Å². The summed E-state index contributed by atoms with van der Waals surface area (Å²) < 4.78 is 13.0. The molecule has 0 unspecified atom stereocenters. The zero-order valence-corrected chi connectivity index (χ0v) is 11.4. The van der Waals surface area contributed by atoms with Crippen molar-refractivity contribution in [3.63, 3.8) is 0 Å². The molecule has 6 heteroatoms. The molecule has 1 aromatic carbocycles. The third-order valence-electron chi connectivity index (χ3n) is 3.97. The molecule has 0 saturated heterocycles. The standard InChI is InChI=1S/C14H19FN2O3/c1-10-4-6-14(18,7-5-10)9-16-12-3-2-11(15)8-13(12)17(19)20/h2-3,8,10,16,18H,4-7,9H2,1H3. The maximum Gasteiger partial charge on any atom is 0.295 e. The summed E-state index contributed by atoms with van der Waals surface area (Å²) in [6.45, 7) is 2.39. The van der Waals surface area contributed by atoms with Gasteiger partial charge in [0.1, 0.15) is 11.5 Å². The molecule has 1 aliphatic rings. The van der Waals surface area contributed by atoms with E-state index in [0.717, 1.165) is 18.9 Å². The fourth-order valence-corrected chi connectivity index (χ4v) is 2.54. The Morgan fingerprint density at radius 2 is 2.15 bits per heavy atom. The van der Waals surface area contributed by atoms with Crippen LogP contribution in [0.1, 0.15) is 32.6 Å². The molecule has 1 fully saturated rings. The molecule has 0 aliphatic heterocycles. The minimum absolute atomic E-state index is 0.239. The molecule has 5 nitrogen and oxygen atoms in total. The van der Waals surface area contributed by atoms with E-state index in [4.69, 9.17) is 0 Å². The van der Waals surface area contributed by atoms with E-state index in [1.165, 1.54) is 12.1 Å². The van der Waals surface area contributed by atoms with Gasteiger partial charge in [0, 0.05) is 6.54 Å². The van der Waals surface area contributed by atoms with Crippen molar-refractivity contribution in [3.8, 4) is 0 Å². The highest BCUT2D eigenvalue weighted by Crippen LogP contribution is 2.33. The molecule has 20 heavy (non-hydrogen) atoms. The van der Waals surface area contributed by atoms with Crippen LogP contribution in [-0.4, -0.2) is 22.2 Å². The quantitative estimate of drug-likeness (QED) is 0.657. The summed E-state index contributed by atoms with van der Waals surface area (Å²) >= 11 is 0. The Labute approximate surface area is 117 Å². The molecule has 0 radical (unpaired) electrons. The third kappa shape index (κ3) is 3.45. The Morgan fingerprint density at radius 1 is 1.50 bits per heavy atom. The Hall–Kier alpha value is -1.69. The topological polar surface area (TPSA) is 75.4 Å². The maximum absolute atomic E-state index is 13.0. The van der Waals surface area contributed by atoms with Crippen molar-refractivity contribution in [1.82, 2.24) is 0 Å². The molecule has 1 saturated carbocycles. The average Bonchev–Trinajstić information content (AvgIpc) is 2.41. The summed E-state index contributed by atoms with van der Waals surface area (Å²) in [4.78, 5) is 10.3. The minimum atomic E-state index is -0.839. The number of nitro benzene ring substituents is 1. The van der Waals surface area contributed by atoms with Crippen molar-refractivity contribution < 1.29 is 14.4 Å². The summed E-state index contributed by atoms with van der Waals surface area (Å²) in [6, 6.07) is 3.39. The predicted octanol–water partition coefficient (Wildman–Crippen LogP) is 3.09. The fraction of sp³-hybridized carbons (Fsp3) is 0.571. The van der Waals surface area contributed by atoms with E-state index in [1.807, 2.05) is 0 Å². The average molecular weight is 282 g/mol. The van der Waals surface area contributed by atoms with Crippen LogP contribution in [0.25, 0.3) is 0 Å². The van der Waals surface area contributed by atoms with Crippen LogP contribution in [0, 0.1) is 21.8 Å². The molecule has 0 aromatic heterocycles. The summed E-state index contributed by atoms with van der Waals surface area (Å²) in [7, 11) is 0. The van der Waals surface area contributed by atoms with Gasteiger partial charge in [-0.15, -0.1) is 0 Å². The van der Waals surface area contributed by atoms with Gasteiger partial charge < -0.3 is 10.4 Å². The maximum atomic E-state index is 13.0. The molecular weight excluding hydrogens is 263 g/mol. The van der Waals surface area contributed by atoms with E-state index in [9.17, 15) is 19.6 Å². The van der Waals surface area contributed by atoms with Crippen molar-refractivity contribution in [2.24, 2.45) is 5.92 Å². The number of halogens is 1. The predicted molar refractivity (Wildman–Crippen MR) is 74.1 cm³/mol.